The van der Waals surface area contributed by atoms with Gasteiger partial charge in [0.1, 0.15) is 5.75 Å². The van der Waals surface area contributed by atoms with Gasteiger partial charge in [-0.3, -0.25) is 4.79 Å². The maximum Gasteiger partial charge on any atom is 0.212 e. The minimum atomic E-state index is -4.28. The van der Waals surface area contributed by atoms with Gasteiger partial charge in [-0.2, -0.15) is 0 Å². The van der Waals surface area contributed by atoms with Crippen LogP contribution >= 0.6 is 0 Å². The van der Waals surface area contributed by atoms with Crippen molar-refractivity contribution in [2.24, 2.45) is 0 Å². The molecule has 0 aliphatic rings. The van der Waals surface area contributed by atoms with Crippen molar-refractivity contribution >= 4 is 15.6 Å². The van der Waals surface area contributed by atoms with E-state index in [0.29, 0.717) is 16.9 Å². The summed E-state index contributed by atoms with van der Waals surface area (Å²) >= 11 is 0. The lowest BCUT2D eigenvalue weighted by Crippen LogP contribution is -2.26. The number of alkyl halides is 1. The van der Waals surface area contributed by atoms with Crippen LogP contribution in [-0.2, 0) is 9.84 Å². The van der Waals surface area contributed by atoms with E-state index in [1.165, 1.54) is 31.4 Å². The van der Waals surface area contributed by atoms with Gasteiger partial charge in [-0.05, 0) is 29.8 Å². The van der Waals surface area contributed by atoms with Crippen LogP contribution in [0.2, 0.25) is 0 Å². The fourth-order valence-electron chi connectivity index (χ4n) is 3.11. The Bertz CT molecular complexity index is 1050. The maximum absolute atomic E-state index is 15.5. The average Bonchev–Trinajstić information content (AvgIpc) is 2.78. The minimum absolute atomic E-state index is 0.113. The van der Waals surface area contributed by atoms with Crippen LogP contribution in [0.25, 0.3) is 0 Å². The molecule has 0 spiro atoms. The Balaban J connectivity index is 1.98. The van der Waals surface area contributed by atoms with Gasteiger partial charge in [0.15, 0.2) is 5.78 Å². The number of sulfone groups is 1. The number of ketones is 1. The Morgan fingerprint density at radius 2 is 1.45 bits per heavy atom. The second-order valence-electron chi connectivity index (χ2n) is 6.58. The van der Waals surface area contributed by atoms with Gasteiger partial charge in [0.25, 0.3) is 0 Å². The van der Waals surface area contributed by atoms with Gasteiger partial charge < -0.3 is 4.74 Å². The zero-order valence-electron chi connectivity index (χ0n) is 15.9. The van der Waals surface area contributed by atoms with Gasteiger partial charge in [-0.25, -0.2) is 12.8 Å². The largest absolute Gasteiger partial charge is 0.497 e. The van der Waals surface area contributed by atoms with Crippen LogP contribution < -0.4 is 4.74 Å². The predicted molar refractivity (Wildman–Crippen MR) is 110 cm³/mol. The molecular weight excluding hydrogens is 391 g/mol. The molecule has 0 unspecified atom stereocenters. The quantitative estimate of drug-likeness (QED) is 0.498. The molecule has 0 fully saturated rings. The third-order valence-corrected chi connectivity index (χ3v) is 6.58. The molecular formula is C23H21FO4S. The molecule has 2 atom stereocenters. The van der Waals surface area contributed by atoms with Crippen molar-refractivity contribution in [1.29, 1.82) is 0 Å². The number of halogens is 1. The molecule has 0 heterocycles. The number of carbonyl (C=O) groups excluding carboxylic acids is 1. The van der Waals surface area contributed by atoms with Crippen LogP contribution in [-0.4, -0.2) is 26.8 Å². The summed E-state index contributed by atoms with van der Waals surface area (Å²) in [5, 5.41) is 0. The normalized spacial score (nSPS) is 13.4. The molecule has 3 aromatic carbocycles. The molecule has 29 heavy (non-hydrogen) atoms. The SMILES string of the molecule is COc1ccc([C@@H](CC(=O)c2ccccc2)[C@H](F)S(=O)(=O)c2ccccc2)cc1. The molecule has 0 aromatic heterocycles. The molecule has 3 rings (SSSR count). The van der Waals surface area contributed by atoms with Gasteiger partial charge in [0.05, 0.1) is 12.0 Å². The Labute approximate surface area is 169 Å². The first-order chi connectivity index (χ1) is 13.9. The Kier molecular flexibility index (Phi) is 6.44. The van der Waals surface area contributed by atoms with Crippen molar-refractivity contribution in [2.75, 3.05) is 7.11 Å². The topological polar surface area (TPSA) is 60.4 Å². The fraction of sp³-hybridized carbons (Fsp3) is 0.174. The summed E-state index contributed by atoms with van der Waals surface area (Å²) in [4.78, 5) is 12.6. The molecule has 0 aliphatic heterocycles. The van der Waals surface area contributed by atoms with Crippen LogP contribution in [0.1, 0.15) is 28.3 Å². The van der Waals surface area contributed by atoms with Crippen molar-refractivity contribution < 1.29 is 22.3 Å². The molecule has 150 valence electrons. The van der Waals surface area contributed by atoms with E-state index in [2.05, 4.69) is 0 Å². The van der Waals surface area contributed by atoms with Crippen molar-refractivity contribution in [3.63, 3.8) is 0 Å². The van der Waals surface area contributed by atoms with Crippen LogP contribution in [0, 0.1) is 0 Å². The molecule has 0 saturated carbocycles. The fourth-order valence-corrected chi connectivity index (χ4v) is 4.59. The third-order valence-electron chi connectivity index (χ3n) is 4.73. The molecule has 3 aromatic rings. The minimum Gasteiger partial charge on any atom is -0.497 e. The molecule has 0 N–H and O–H groups in total. The number of rotatable bonds is 8. The second kappa shape index (κ2) is 9.01. The van der Waals surface area contributed by atoms with Crippen LogP contribution in [0.4, 0.5) is 4.39 Å². The third kappa shape index (κ3) is 4.71. The first kappa shape index (κ1) is 20.7. The molecule has 0 aliphatic carbocycles. The molecule has 0 amide bonds. The van der Waals surface area contributed by atoms with Gasteiger partial charge in [-0.15, -0.1) is 0 Å². The summed E-state index contributed by atoms with van der Waals surface area (Å²) in [7, 11) is -2.78. The van der Waals surface area contributed by atoms with Crippen LogP contribution in [0.3, 0.4) is 0 Å². The zero-order chi connectivity index (χ0) is 20.9. The highest BCUT2D eigenvalue weighted by Crippen LogP contribution is 2.34. The van der Waals surface area contributed by atoms with Crippen molar-refractivity contribution in [2.45, 2.75) is 22.7 Å². The number of carbonyl (C=O) groups is 1. The van der Waals surface area contributed by atoms with Crippen molar-refractivity contribution in [3.8, 4) is 5.75 Å². The summed E-state index contributed by atoms with van der Waals surface area (Å²) < 4.78 is 46.4. The zero-order valence-corrected chi connectivity index (χ0v) is 16.7. The highest BCUT2D eigenvalue weighted by molar-refractivity contribution is 7.92. The number of ether oxygens (including phenoxy) is 1. The first-order valence-corrected chi connectivity index (χ1v) is 10.6. The number of Topliss-reactive ketones (excluding diaryl/α,β-unsaturated/α-hetero) is 1. The summed E-state index contributed by atoms with van der Waals surface area (Å²) in [6, 6.07) is 22.3. The smallest absolute Gasteiger partial charge is 0.212 e. The first-order valence-electron chi connectivity index (χ1n) is 9.08. The molecule has 6 heteroatoms. The molecule has 0 saturated heterocycles. The summed E-state index contributed by atoms with van der Waals surface area (Å²) in [5.41, 5.74) is -1.44. The summed E-state index contributed by atoms with van der Waals surface area (Å²) in [6.45, 7) is 0. The van der Waals surface area contributed by atoms with Gasteiger partial charge >= 0.3 is 0 Å². The lowest BCUT2D eigenvalue weighted by atomic mass is 9.92. The second-order valence-corrected chi connectivity index (χ2v) is 8.59. The van der Waals surface area contributed by atoms with Gasteiger partial charge in [0, 0.05) is 17.9 Å². The van der Waals surface area contributed by atoms with Crippen molar-refractivity contribution in [1.82, 2.24) is 0 Å². The van der Waals surface area contributed by atoms with E-state index in [0.717, 1.165) is 0 Å². The van der Waals surface area contributed by atoms with E-state index in [1.54, 1.807) is 60.7 Å². The van der Waals surface area contributed by atoms with E-state index in [1.807, 2.05) is 0 Å². The molecule has 0 radical (unpaired) electrons. The number of benzene rings is 3. The van der Waals surface area contributed by atoms with Gasteiger partial charge in [0.2, 0.25) is 15.3 Å². The highest BCUT2D eigenvalue weighted by Gasteiger charge is 2.37. The van der Waals surface area contributed by atoms with E-state index in [4.69, 9.17) is 4.74 Å². The Hall–Kier alpha value is -2.99. The summed E-state index contributed by atoms with van der Waals surface area (Å²) in [5.74, 6) is -0.917. The standard InChI is InChI=1S/C23H21FO4S/c1-28-19-14-12-17(13-15-19)21(16-22(25)18-8-4-2-5-9-18)23(24)29(26,27)20-10-6-3-7-11-20/h2-15,21,23H,16H2,1H3/t21-,23-/m1/s1. The summed E-state index contributed by atoms with van der Waals surface area (Å²) in [6.07, 6.45) is -0.274. The van der Waals surface area contributed by atoms with E-state index in [-0.39, 0.29) is 17.1 Å². The predicted octanol–water partition coefficient (Wildman–Crippen LogP) is 4.82. The molecule has 4 nitrogen and oxygen atoms in total. The maximum atomic E-state index is 15.5. The Morgan fingerprint density at radius 3 is 2.00 bits per heavy atom. The number of methoxy groups -OCH3 is 1. The van der Waals surface area contributed by atoms with E-state index >= 15 is 4.39 Å². The average molecular weight is 412 g/mol. The van der Waals surface area contributed by atoms with Crippen molar-refractivity contribution in [3.05, 3.63) is 96.1 Å². The lowest BCUT2D eigenvalue weighted by molar-refractivity contribution is 0.0965. The van der Waals surface area contributed by atoms with Crippen LogP contribution in [0.15, 0.2) is 89.8 Å². The number of hydrogen-bond donors (Lipinski definition) is 0. The highest BCUT2D eigenvalue weighted by atomic mass is 32.2. The van der Waals surface area contributed by atoms with E-state index in [9.17, 15) is 13.2 Å². The van der Waals surface area contributed by atoms with Crippen LogP contribution in [0.5, 0.6) is 5.75 Å². The molecule has 0 bridgehead atoms. The number of hydrogen-bond acceptors (Lipinski definition) is 4. The van der Waals surface area contributed by atoms with E-state index < -0.39 is 21.3 Å². The lowest BCUT2D eigenvalue weighted by Gasteiger charge is -2.22. The van der Waals surface area contributed by atoms with Gasteiger partial charge in [-0.1, -0.05) is 60.7 Å². The monoisotopic (exact) mass is 412 g/mol. The Morgan fingerprint density at radius 1 is 0.897 bits per heavy atom.